The second kappa shape index (κ2) is 8.23. The Labute approximate surface area is 201 Å². The molecule has 2 aromatic carbocycles. The van der Waals surface area contributed by atoms with Crippen molar-refractivity contribution in [2.75, 3.05) is 11.5 Å². The van der Waals surface area contributed by atoms with E-state index in [0.29, 0.717) is 11.3 Å². The molecule has 6 atom stereocenters. The maximum absolute atomic E-state index is 13.1. The van der Waals surface area contributed by atoms with E-state index in [1.165, 1.54) is 17.0 Å². The summed E-state index contributed by atoms with van der Waals surface area (Å²) in [5.41, 5.74) is 1.16. The number of alkyl halides is 2. The van der Waals surface area contributed by atoms with Crippen LogP contribution in [-0.2, 0) is 14.3 Å². The van der Waals surface area contributed by atoms with Crippen LogP contribution in [0.4, 0.5) is 5.69 Å². The first-order valence-electron chi connectivity index (χ1n) is 10.4. The number of imide groups is 1. The van der Waals surface area contributed by atoms with Crippen LogP contribution < -0.4 is 4.90 Å². The number of carbonyl (C=O) groups is 4. The van der Waals surface area contributed by atoms with E-state index in [0.717, 1.165) is 6.42 Å². The normalized spacial score (nSPS) is 30.5. The number of benzene rings is 2. The average Bonchev–Trinajstić information content (AvgIpc) is 3.42. The predicted molar refractivity (Wildman–Crippen MR) is 124 cm³/mol. The van der Waals surface area contributed by atoms with E-state index in [2.05, 4.69) is 31.9 Å². The molecule has 0 unspecified atom stereocenters. The number of fused-ring (bicyclic) bond motifs is 5. The van der Waals surface area contributed by atoms with Crippen molar-refractivity contribution in [3.05, 3.63) is 65.7 Å². The molecule has 3 fully saturated rings. The number of carbonyl (C=O) groups excluding carboxylic acids is 4. The minimum Gasteiger partial charge on any atom is -0.454 e. The zero-order valence-corrected chi connectivity index (χ0v) is 20.0. The number of esters is 1. The maximum Gasteiger partial charge on any atom is 0.338 e. The van der Waals surface area contributed by atoms with Gasteiger partial charge in [0.2, 0.25) is 11.8 Å². The Morgan fingerprint density at radius 2 is 1.41 bits per heavy atom. The summed E-state index contributed by atoms with van der Waals surface area (Å²) < 4.78 is 5.13. The average molecular weight is 561 g/mol. The van der Waals surface area contributed by atoms with Crippen molar-refractivity contribution in [1.29, 1.82) is 0 Å². The molecule has 6 nitrogen and oxygen atoms in total. The molecule has 164 valence electrons. The van der Waals surface area contributed by atoms with Crippen molar-refractivity contribution in [2.45, 2.75) is 16.1 Å². The van der Waals surface area contributed by atoms with Crippen LogP contribution in [0.2, 0.25) is 0 Å². The first-order valence-corrected chi connectivity index (χ1v) is 12.2. The minimum absolute atomic E-state index is 0.146. The number of nitrogens with zero attached hydrogens (tertiary/aromatic N) is 1. The topological polar surface area (TPSA) is 80.8 Å². The number of Topliss-reactive ketones (excluding diaryl/α,β-unsaturated/α-hetero) is 1. The van der Waals surface area contributed by atoms with E-state index >= 15 is 0 Å². The van der Waals surface area contributed by atoms with Gasteiger partial charge in [0.25, 0.3) is 0 Å². The van der Waals surface area contributed by atoms with Crippen molar-refractivity contribution < 1.29 is 23.9 Å². The fourth-order valence-corrected chi connectivity index (χ4v) is 7.15. The Kier molecular flexibility index (Phi) is 5.53. The molecule has 0 spiro atoms. The highest BCUT2D eigenvalue weighted by Crippen LogP contribution is 2.60. The number of ketones is 1. The highest BCUT2D eigenvalue weighted by molar-refractivity contribution is 9.12. The Morgan fingerprint density at radius 3 is 1.97 bits per heavy atom. The molecule has 0 N–H and O–H groups in total. The van der Waals surface area contributed by atoms with Gasteiger partial charge in [-0.15, -0.1) is 0 Å². The lowest BCUT2D eigenvalue weighted by atomic mass is 9.81. The molecule has 0 aromatic heterocycles. The van der Waals surface area contributed by atoms with Gasteiger partial charge in [0.15, 0.2) is 12.4 Å². The fourth-order valence-electron chi connectivity index (χ4n) is 5.27. The number of hydrogen-bond donors (Lipinski definition) is 0. The molecule has 1 heterocycles. The number of halogens is 2. The number of amides is 2. The smallest absolute Gasteiger partial charge is 0.338 e. The summed E-state index contributed by atoms with van der Waals surface area (Å²) in [6.45, 7) is -0.360. The van der Waals surface area contributed by atoms with Gasteiger partial charge in [-0.3, -0.25) is 19.3 Å². The Balaban J connectivity index is 1.27. The van der Waals surface area contributed by atoms with Crippen molar-refractivity contribution >= 4 is 61.1 Å². The second-order valence-electron chi connectivity index (χ2n) is 8.43. The summed E-state index contributed by atoms with van der Waals surface area (Å²) in [5.74, 6) is -1.56. The third kappa shape index (κ3) is 3.35. The van der Waals surface area contributed by atoms with E-state index < -0.39 is 5.97 Å². The van der Waals surface area contributed by atoms with Gasteiger partial charge < -0.3 is 4.74 Å². The monoisotopic (exact) mass is 559 g/mol. The summed E-state index contributed by atoms with van der Waals surface area (Å²) in [6, 6.07) is 14.8. The maximum atomic E-state index is 13.1. The lowest BCUT2D eigenvalue weighted by molar-refractivity contribution is -0.123. The molecular weight excluding hydrogens is 542 g/mol. The SMILES string of the molecule is O=C(COC(=O)c1ccc(N2C(=O)[C@H]3[C@@H]4C[C@@H]([C@@H](Br)[C@H]4Br)[C@@H]3C2=O)cc1)c1ccccc1. The van der Waals surface area contributed by atoms with Crippen molar-refractivity contribution in [2.24, 2.45) is 23.7 Å². The number of anilines is 1. The second-order valence-corrected chi connectivity index (χ2v) is 10.5. The molecule has 3 aliphatic rings. The Hall–Kier alpha value is -2.32. The van der Waals surface area contributed by atoms with E-state index in [-0.39, 0.29) is 63.1 Å². The first kappa shape index (κ1) is 21.5. The van der Waals surface area contributed by atoms with E-state index in [4.69, 9.17) is 4.74 Å². The quantitative estimate of drug-likeness (QED) is 0.239. The summed E-state index contributed by atoms with van der Waals surface area (Å²) in [7, 11) is 0. The van der Waals surface area contributed by atoms with Crippen LogP contribution in [-0.4, -0.2) is 39.8 Å². The van der Waals surface area contributed by atoms with Gasteiger partial charge in [-0.05, 0) is 42.5 Å². The largest absolute Gasteiger partial charge is 0.454 e. The molecule has 1 saturated heterocycles. The van der Waals surface area contributed by atoms with Gasteiger partial charge >= 0.3 is 5.97 Å². The summed E-state index contributed by atoms with van der Waals surface area (Å²) in [4.78, 5) is 52.3. The molecule has 2 aliphatic carbocycles. The molecule has 8 heteroatoms. The van der Waals surface area contributed by atoms with Crippen LogP contribution in [0, 0.1) is 23.7 Å². The van der Waals surface area contributed by atoms with E-state index in [9.17, 15) is 19.2 Å². The van der Waals surface area contributed by atoms with Crippen LogP contribution in [0.5, 0.6) is 0 Å². The zero-order valence-electron chi connectivity index (χ0n) is 16.8. The molecule has 32 heavy (non-hydrogen) atoms. The van der Waals surface area contributed by atoms with Gasteiger partial charge in [0.1, 0.15) is 0 Å². The van der Waals surface area contributed by atoms with Gasteiger partial charge in [-0.2, -0.15) is 0 Å². The zero-order chi connectivity index (χ0) is 22.6. The third-order valence-electron chi connectivity index (χ3n) is 6.78. The molecular formula is C24H19Br2NO5. The summed E-state index contributed by atoms with van der Waals surface area (Å²) in [5, 5.41) is 0. The molecule has 2 saturated carbocycles. The first-order chi connectivity index (χ1) is 15.4. The van der Waals surface area contributed by atoms with Gasteiger partial charge in [-0.1, -0.05) is 62.2 Å². The van der Waals surface area contributed by atoms with Gasteiger partial charge in [0.05, 0.1) is 23.1 Å². The van der Waals surface area contributed by atoms with Crippen LogP contribution in [0.3, 0.4) is 0 Å². The van der Waals surface area contributed by atoms with Crippen LogP contribution in [0.1, 0.15) is 27.1 Å². The molecule has 5 rings (SSSR count). The van der Waals surface area contributed by atoms with Crippen molar-refractivity contribution in [1.82, 2.24) is 0 Å². The number of ether oxygens (including phenoxy) is 1. The lowest BCUT2D eigenvalue weighted by Gasteiger charge is -2.28. The van der Waals surface area contributed by atoms with E-state index in [1.807, 2.05) is 0 Å². The number of rotatable bonds is 5. The highest BCUT2D eigenvalue weighted by atomic mass is 79.9. The van der Waals surface area contributed by atoms with Crippen molar-refractivity contribution in [3.63, 3.8) is 0 Å². The molecule has 0 radical (unpaired) electrons. The third-order valence-corrected chi connectivity index (χ3v) is 9.99. The summed E-state index contributed by atoms with van der Waals surface area (Å²) >= 11 is 7.36. The Bertz CT molecular complexity index is 1070. The molecule has 1 aliphatic heterocycles. The van der Waals surface area contributed by atoms with Gasteiger partial charge in [0, 0.05) is 15.2 Å². The lowest BCUT2D eigenvalue weighted by Crippen LogP contribution is -2.37. The van der Waals surface area contributed by atoms with E-state index in [1.54, 1.807) is 42.5 Å². The standard InChI is InChI=1S/C24H19Br2NO5/c25-20-15-10-16(21(20)26)19-18(15)22(29)27(23(19)30)14-8-6-13(7-9-14)24(31)32-11-17(28)12-4-2-1-3-5-12/h1-9,15-16,18-21H,10-11H2/t15-,16+,18-,19-,20-,21+/m0/s1. The van der Waals surface area contributed by atoms with Crippen LogP contribution in [0.25, 0.3) is 0 Å². The van der Waals surface area contributed by atoms with Gasteiger partial charge in [-0.25, -0.2) is 4.79 Å². The molecule has 2 bridgehead atoms. The molecule has 2 aromatic rings. The molecule has 2 amide bonds. The van der Waals surface area contributed by atoms with Crippen LogP contribution in [0.15, 0.2) is 54.6 Å². The number of hydrogen-bond acceptors (Lipinski definition) is 5. The van der Waals surface area contributed by atoms with Crippen LogP contribution >= 0.6 is 31.9 Å². The predicted octanol–water partition coefficient (Wildman–Crippen LogP) is 4.01. The van der Waals surface area contributed by atoms with Crippen molar-refractivity contribution in [3.8, 4) is 0 Å². The summed E-state index contributed by atoms with van der Waals surface area (Å²) in [6.07, 6.45) is 0.874. The Morgan fingerprint density at radius 1 is 0.844 bits per heavy atom. The highest BCUT2D eigenvalue weighted by Gasteiger charge is 2.66. The fraction of sp³-hybridized carbons (Fsp3) is 0.333. The minimum atomic E-state index is -0.640.